The summed E-state index contributed by atoms with van der Waals surface area (Å²) in [6.07, 6.45) is -5.62. The zero-order valence-corrected chi connectivity index (χ0v) is 57.2. The second-order valence-corrected chi connectivity index (χ2v) is 24.3. The number of carbonyl (C=O) groups is 17. The van der Waals surface area contributed by atoms with Crippen LogP contribution in [0.15, 0.2) is 60.7 Å². The van der Waals surface area contributed by atoms with Gasteiger partial charge in [-0.3, -0.25) is 76.7 Å². The van der Waals surface area contributed by atoms with E-state index < -0.39 is 230 Å². The smallest absolute Gasteiger partial charge is 0.326 e. The summed E-state index contributed by atoms with van der Waals surface area (Å²) in [7, 11) is 0. The van der Waals surface area contributed by atoms with Crippen LogP contribution in [-0.2, 0) is 94.3 Å². The van der Waals surface area contributed by atoms with E-state index in [1.807, 2.05) is 0 Å². The Balaban J connectivity index is 1.78. The largest absolute Gasteiger partial charge is 0.481 e. The molecule has 0 spiro atoms. The molecule has 13 amide bonds. The Bertz CT molecular complexity index is 3310. The average molecular weight is 1460 g/mol. The lowest BCUT2D eigenvalue weighted by molar-refractivity contribution is -0.142. The average Bonchev–Trinajstić information content (AvgIpc) is 0.904. The number of benzene rings is 2. The van der Waals surface area contributed by atoms with Crippen LogP contribution in [0.5, 0.6) is 0 Å². The van der Waals surface area contributed by atoms with Crippen molar-refractivity contribution in [1.82, 2.24) is 74.4 Å². The van der Waals surface area contributed by atoms with Crippen molar-refractivity contribution in [3.63, 3.8) is 0 Å². The second-order valence-electron chi connectivity index (χ2n) is 24.3. The van der Waals surface area contributed by atoms with Gasteiger partial charge in [0, 0.05) is 19.3 Å². The zero-order valence-electron chi connectivity index (χ0n) is 57.2. The van der Waals surface area contributed by atoms with Crippen LogP contribution in [0.3, 0.4) is 0 Å². The normalized spacial score (nSPS) is 16.5. The van der Waals surface area contributed by atoms with Crippen LogP contribution in [0.2, 0.25) is 0 Å². The summed E-state index contributed by atoms with van der Waals surface area (Å²) in [5, 5.41) is 102. The van der Waals surface area contributed by atoms with E-state index in [1.165, 1.54) is 6.92 Å². The minimum Gasteiger partial charge on any atom is -0.481 e. The number of hydrogen-bond acceptors (Lipinski definition) is 22. The van der Waals surface area contributed by atoms with Gasteiger partial charge in [-0.05, 0) is 97.4 Å². The van der Waals surface area contributed by atoms with Crippen LogP contribution >= 0.6 is 0 Å². The van der Waals surface area contributed by atoms with E-state index >= 15 is 0 Å². The summed E-state index contributed by atoms with van der Waals surface area (Å²) in [6.45, 7) is 4.32. The molecule has 0 aromatic heterocycles. The fourth-order valence-electron chi connectivity index (χ4n) is 9.95. The van der Waals surface area contributed by atoms with Gasteiger partial charge in [0.2, 0.25) is 76.8 Å². The Labute approximate surface area is 590 Å². The van der Waals surface area contributed by atoms with Gasteiger partial charge in [0.1, 0.15) is 72.5 Å². The maximum absolute atomic E-state index is 14.5. The van der Waals surface area contributed by atoms with Gasteiger partial charge < -0.3 is 116 Å². The van der Waals surface area contributed by atoms with E-state index in [2.05, 4.69) is 74.4 Å². The first-order valence-electron chi connectivity index (χ1n) is 32.8. The molecule has 39 heteroatoms. The van der Waals surface area contributed by atoms with Crippen molar-refractivity contribution in [2.45, 2.75) is 196 Å². The van der Waals surface area contributed by atoms with Crippen molar-refractivity contribution in [1.29, 1.82) is 0 Å². The number of aliphatic carboxylic acids is 4. The number of aliphatic hydroxyl groups is 3. The standard InChI is InChI=1S/C64H93N15O24/c1-31(69-56(94)39(21-22-47(84)85)72-59(97)43(27-48(86)87)75-55(93)38-20-14-24-66-38)52(90)68-32(2)53(91)73-41(25-36-15-8-6-9-16-36)57(95)74-42(26-37-17-10-7-11-18-37)58(96)76-44(28-49(88)89)60(98)79-51(35(5)82)63(101)70-33(3)54(92)77-45(30-80)61(99)78-50(34(4)81)62(100)67-29-46(83)71-40(64(102)103)19-12-13-23-65/h6-11,15-18,31-35,38-45,50-51,66,80-82H,12-14,19-30,65H2,1-5H3,(H,67,100)(H,68,90)(H,69,94)(H,70,101)(H,71,83)(H,72,97)(H,73,91)(H,74,95)(H,75,93)(H,76,96)(H,77,92)(H,78,99)(H,79,98)(H,84,85)(H,86,87)(H,88,89)(H,102,103)/t31-,32-,33-,34+,35+,38-,39-,40-,41-,42-,43-,44-,45-,50-,51-/m0/s1. The molecule has 1 fully saturated rings. The fourth-order valence-corrected chi connectivity index (χ4v) is 9.95. The Morgan fingerprint density at radius 1 is 0.447 bits per heavy atom. The molecule has 15 atom stereocenters. The third-order valence-electron chi connectivity index (χ3n) is 15.7. The van der Waals surface area contributed by atoms with Crippen molar-refractivity contribution >= 4 is 101 Å². The molecule has 1 aliphatic heterocycles. The molecule has 0 unspecified atom stereocenters. The molecule has 0 aliphatic carbocycles. The topological polar surface area (TPSA) is 626 Å². The third-order valence-corrected chi connectivity index (χ3v) is 15.7. The van der Waals surface area contributed by atoms with E-state index in [1.54, 1.807) is 60.7 Å². The van der Waals surface area contributed by atoms with E-state index in [0.717, 1.165) is 27.7 Å². The van der Waals surface area contributed by atoms with Gasteiger partial charge in [0.25, 0.3) is 0 Å². The lowest BCUT2D eigenvalue weighted by atomic mass is 10.0. The molecule has 103 heavy (non-hydrogen) atoms. The number of hydrogen-bond donors (Lipinski definition) is 22. The van der Waals surface area contributed by atoms with Gasteiger partial charge in [-0.2, -0.15) is 0 Å². The summed E-state index contributed by atoms with van der Waals surface area (Å²) in [6, 6.07) is -5.39. The highest BCUT2D eigenvalue weighted by Gasteiger charge is 2.38. The van der Waals surface area contributed by atoms with Crippen LogP contribution < -0.4 is 80.2 Å². The van der Waals surface area contributed by atoms with Gasteiger partial charge in [-0.25, -0.2) is 4.79 Å². The van der Waals surface area contributed by atoms with Crippen LogP contribution in [0.25, 0.3) is 0 Å². The Morgan fingerprint density at radius 3 is 1.31 bits per heavy atom. The van der Waals surface area contributed by atoms with Crippen LogP contribution in [0.1, 0.15) is 104 Å². The molecular formula is C64H93N15O24. The number of amides is 13. The molecule has 0 radical (unpaired) electrons. The van der Waals surface area contributed by atoms with E-state index in [0.29, 0.717) is 43.4 Å². The molecule has 1 heterocycles. The minimum atomic E-state index is -2.09. The minimum absolute atomic E-state index is 0.0270. The number of nitrogens with one attached hydrogen (secondary N) is 14. The molecule has 568 valence electrons. The molecule has 23 N–H and O–H groups in total. The summed E-state index contributed by atoms with van der Waals surface area (Å²) < 4.78 is 0. The highest BCUT2D eigenvalue weighted by atomic mass is 16.4. The molecule has 2 aromatic carbocycles. The predicted octanol–water partition coefficient (Wildman–Crippen LogP) is -8.00. The number of nitrogens with two attached hydrogens (primary N) is 1. The molecule has 1 saturated heterocycles. The summed E-state index contributed by atoms with van der Waals surface area (Å²) in [4.78, 5) is 223. The van der Waals surface area contributed by atoms with E-state index in [-0.39, 0.29) is 25.8 Å². The highest BCUT2D eigenvalue weighted by molar-refractivity contribution is 6.01. The highest BCUT2D eigenvalue weighted by Crippen LogP contribution is 2.12. The van der Waals surface area contributed by atoms with Crippen LogP contribution in [0.4, 0.5) is 0 Å². The first-order valence-corrected chi connectivity index (χ1v) is 32.8. The fraction of sp³-hybridized carbons (Fsp3) is 0.547. The van der Waals surface area contributed by atoms with Crippen molar-refractivity contribution in [2.24, 2.45) is 5.73 Å². The number of rotatable bonds is 45. The van der Waals surface area contributed by atoms with Gasteiger partial charge in [0.15, 0.2) is 0 Å². The first kappa shape index (κ1) is 86.5. The summed E-state index contributed by atoms with van der Waals surface area (Å²) in [5.41, 5.74) is 6.28. The molecule has 0 saturated carbocycles. The molecule has 1 aliphatic rings. The number of unbranched alkanes of at least 4 members (excludes halogenated alkanes) is 1. The molecule has 3 rings (SSSR count). The Morgan fingerprint density at radius 2 is 0.854 bits per heavy atom. The lowest BCUT2D eigenvalue weighted by Gasteiger charge is -2.28. The monoisotopic (exact) mass is 1460 g/mol. The van der Waals surface area contributed by atoms with Crippen LogP contribution in [-0.4, -0.2) is 253 Å². The van der Waals surface area contributed by atoms with E-state index in [4.69, 9.17) is 5.73 Å². The second kappa shape index (κ2) is 43.8. The first-order chi connectivity index (χ1) is 48.5. The maximum atomic E-state index is 14.5. The molecule has 0 bridgehead atoms. The van der Waals surface area contributed by atoms with Gasteiger partial charge in [-0.15, -0.1) is 0 Å². The predicted molar refractivity (Wildman–Crippen MR) is 357 cm³/mol. The Hall–Kier alpha value is -10.8. The van der Waals surface area contributed by atoms with Crippen molar-refractivity contribution in [3.05, 3.63) is 71.8 Å². The molecule has 39 nitrogen and oxygen atoms in total. The third kappa shape index (κ3) is 30.9. The Kier molecular flexibility index (Phi) is 36.8. The zero-order chi connectivity index (χ0) is 77.2. The van der Waals surface area contributed by atoms with E-state index in [9.17, 15) is 117 Å². The van der Waals surface area contributed by atoms with Gasteiger partial charge in [-0.1, -0.05) is 60.7 Å². The van der Waals surface area contributed by atoms with Gasteiger partial charge >= 0.3 is 23.9 Å². The summed E-state index contributed by atoms with van der Waals surface area (Å²) in [5.74, 6) is -20.4. The maximum Gasteiger partial charge on any atom is 0.326 e. The van der Waals surface area contributed by atoms with Crippen molar-refractivity contribution < 1.29 is 117 Å². The number of aliphatic hydroxyl groups excluding tert-OH is 3. The van der Waals surface area contributed by atoms with Crippen molar-refractivity contribution in [3.8, 4) is 0 Å². The lowest BCUT2D eigenvalue weighted by Crippen LogP contribution is -2.62. The van der Waals surface area contributed by atoms with Gasteiger partial charge in [0.05, 0.1) is 44.2 Å². The molecule has 2 aromatic rings. The van der Waals surface area contributed by atoms with Crippen molar-refractivity contribution in [2.75, 3.05) is 26.2 Å². The number of carbonyl (C=O) groups excluding carboxylic acids is 13. The number of carboxylic acid groups (broad SMARTS) is 4. The molecular weight excluding hydrogens is 1360 g/mol. The summed E-state index contributed by atoms with van der Waals surface area (Å²) >= 11 is 0. The number of carboxylic acids is 4. The quantitative estimate of drug-likeness (QED) is 0.0274. The van der Waals surface area contributed by atoms with Crippen LogP contribution in [0, 0.1) is 0 Å². The SMILES string of the molecule is C[C@H](NC(=O)[C@H](C)NC(=O)[C@H](CCC(=O)O)NC(=O)[C@H](CC(=O)O)NC(=O)[C@@H]1CCCN1)C(=O)N[C@@H](Cc1ccccc1)C(=O)N[C@@H](Cc1ccccc1)C(=O)N[C@@H](CC(=O)O)C(=O)N[C@H](C(=O)N[C@@H](C)C(=O)N[C@@H](CO)C(=O)N[C@H](C(=O)NCC(=O)N[C@@H](CCCCN)C(=O)O)[C@@H](C)O)[C@@H](C)O.